The summed E-state index contributed by atoms with van der Waals surface area (Å²) in [5.41, 5.74) is 1.63. The molecule has 2 unspecified atom stereocenters. The molecule has 4 rings (SSSR count). The van der Waals surface area contributed by atoms with Crippen LogP contribution in [-0.4, -0.2) is 55.6 Å². The van der Waals surface area contributed by atoms with Gasteiger partial charge in [0.05, 0.1) is 24.3 Å². The van der Waals surface area contributed by atoms with Crippen LogP contribution in [0.25, 0.3) is 11.0 Å². The molecular formula is C19H22Cl2N5O4P. The third kappa shape index (κ3) is 5.43. The second-order valence-corrected chi connectivity index (χ2v) is 9.07. The van der Waals surface area contributed by atoms with Crippen LogP contribution < -0.4 is 4.90 Å². The third-order valence-corrected chi connectivity index (χ3v) is 5.76. The monoisotopic (exact) mass is 485 g/mol. The van der Waals surface area contributed by atoms with E-state index in [1.807, 2.05) is 36.2 Å². The number of benzene rings is 1. The van der Waals surface area contributed by atoms with E-state index in [2.05, 4.69) is 15.1 Å². The van der Waals surface area contributed by atoms with E-state index in [1.165, 1.54) is 0 Å². The Labute approximate surface area is 190 Å². The number of anilines is 1. The van der Waals surface area contributed by atoms with Crippen molar-refractivity contribution in [2.24, 2.45) is 0 Å². The Kier molecular flexibility index (Phi) is 7.23. The number of ether oxygens (including phenoxy) is 2. The minimum Gasteiger partial charge on any atom is -0.369 e. The van der Waals surface area contributed by atoms with Crippen molar-refractivity contribution in [3.63, 3.8) is 0 Å². The first kappa shape index (κ1) is 22.6. The molecule has 1 saturated heterocycles. The van der Waals surface area contributed by atoms with E-state index >= 15 is 0 Å². The van der Waals surface area contributed by atoms with Crippen LogP contribution in [0.4, 0.5) is 5.82 Å². The molecule has 3 aromatic rings. The number of nitrogens with zero attached hydrogens (tertiary/aromatic N) is 5. The molecule has 2 aromatic heterocycles. The summed E-state index contributed by atoms with van der Waals surface area (Å²) < 4.78 is 13.0. The molecule has 12 heteroatoms. The molecular weight excluding hydrogens is 464 g/mol. The molecule has 0 bridgehead atoms. The number of hydrogen-bond acceptors (Lipinski definition) is 8. The number of fused-ring (bicyclic) bond motifs is 1. The average Bonchev–Trinajstić information content (AvgIpc) is 3.33. The Hall–Kier alpha value is -1.58. The molecule has 0 saturated carbocycles. The van der Waals surface area contributed by atoms with Crippen LogP contribution in [0.15, 0.2) is 30.5 Å². The fourth-order valence-corrected chi connectivity index (χ4v) is 4.27. The second kappa shape index (κ2) is 9.92. The van der Waals surface area contributed by atoms with Crippen LogP contribution in [0, 0.1) is 0 Å². The number of halogens is 2. The van der Waals surface area contributed by atoms with Crippen LogP contribution in [0.5, 0.6) is 0 Å². The first-order valence-electron chi connectivity index (χ1n) is 9.65. The minimum atomic E-state index is -2.06. The van der Waals surface area contributed by atoms with Crippen molar-refractivity contribution in [3.8, 4) is 0 Å². The van der Waals surface area contributed by atoms with E-state index in [0.29, 0.717) is 29.6 Å². The van der Waals surface area contributed by atoms with Crippen molar-refractivity contribution in [1.82, 2.24) is 19.7 Å². The van der Waals surface area contributed by atoms with Crippen molar-refractivity contribution in [1.29, 1.82) is 0 Å². The van der Waals surface area contributed by atoms with E-state index in [0.717, 1.165) is 23.8 Å². The van der Waals surface area contributed by atoms with Crippen LogP contribution in [-0.2, 0) is 16.0 Å². The lowest BCUT2D eigenvalue weighted by atomic mass is 10.2. The molecule has 3 heterocycles. The van der Waals surface area contributed by atoms with Gasteiger partial charge in [0.25, 0.3) is 0 Å². The van der Waals surface area contributed by atoms with Crippen molar-refractivity contribution in [3.05, 3.63) is 46.3 Å². The van der Waals surface area contributed by atoms with E-state index < -0.39 is 8.38 Å². The predicted octanol–water partition coefficient (Wildman–Crippen LogP) is 3.72. The maximum absolute atomic E-state index is 8.95. The molecule has 2 atom stereocenters. The quantitative estimate of drug-likeness (QED) is 0.367. The highest BCUT2D eigenvalue weighted by molar-refractivity contribution is 7.44. The second-order valence-electron chi connectivity index (χ2n) is 7.29. The maximum Gasteiger partial charge on any atom is 0.226 e. The van der Waals surface area contributed by atoms with Crippen LogP contribution in [0.2, 0.25) is 10.3 Å². The van der Waals surface area contributed by atoms with Gasteiger partial charge in [0, 0.05) is 18.6 Å². The van der Waals surface area contributed by atoms with Crippen molar-refractivity contribution < 1.29 is 19.3 Å². The van der Waals surface area contributed by atoms with Gasteiger partial charge in [-0.3, -0.25) is 0 Å². The number of rotatable bonds is 8. The maximum atomic E-state index is 8.95. The summed E-state index contributed by atoms with van der Waals surface area (Å²) in [6, 6.07) is 7.65. The third-order valence-electron chi connectivity index (χ3n) is 4.95. The Balaban J connectivity index is 1.53. The molecule has 31 heavy (non-hydrogen) atoms. The molecule has 2 N–H and O–H groups in total. The Morgan fingerprint density at radius 1 is 1.29 bits per heavy atom. The molecule has 0 aliphatic carbocycles. The fourth-order valence-electron chi connectivity index (χ4n) is 3.63. The van der Waals surface area contributed by atoms with Crippen molar-refractivity contribution in [2.45, 2.75) is 31.7 Å². The van der Waals surface area contributed by atoms with Gasteiger partial charge in [-0.05, 0) is 42.1 Å². The lowest BCUT2D eigenvalue weighted by molar-refractivity contribution is -0.0384. The van der Waals surface area contributed by atoms with Gasteiger partial charge in [-0.15, -0.1) is 0 Å². The van der Waals surface area contributed by atoms with Crippen molar-refractivity contribution in [2.75, 3.05) is 24.9 Å². The summed E-state index contributed by atoms with van der Waals surface area (Å²) >= 11 is 12.3. The van der Waals surface area contributed by atoms with E-state index in [1.54, 1.807) is 10.9 Å². The van der Waals surface area contributed by atoms with Gasteiger partial charge in [-0.2, -0.15) is 15.1 Å². The van der Waals surface area contributed by atoms with Gasteiger partial charge in [-0.1, -0.05) is 23.7 Å². The summed E-state index contributed by atoms with van der Waals surface area (Å²) in [6.07, 6.45) is 2.66. The zero-order chi connectivity index (χ0) is 22.0. The summed E-state index contributed by atoms with van der Waals surface area (Å²) in [6.45, 7) is 0.880. The number of hydrogen-bond donors (Lipinski definition) is 2. The van der Waals surface area contributed by atoms with Gasteiger partial charge < -0.3 is 24.2 Å². The van der Waals surface area contributed by atoms with Gasteiger partial charge in [0.1, 0.15) is 12.2 Å². The van der Waals surface area contributed by atoms with Gasteiger partial charge in [-0.25, -0.2) is 4.68 Å². The van der Waals surface area contributed by atoms with Gasteiger partial charge in [0.15, 0.2) is 20.3 Å². The molecule has 1 aromatic carbocycles. The van der Waals surface area contributed by atoms with Gasteiger partial charge >= 0.3 is 0 Å². The van der Waals surface area contributed by atoms with Crippen LogP contribution in [0.1, 0.15) is 24.6 Å². The standard InChI is InChI=1S/C19H22Cl2N5O4P/c1-25(9-12-3-2-4-13(20)7-12)17-15-8-22-26(18(15)24-19(21)23-17)16-6-5-14(30-16)10-29-11-31(27)28/h2-4,7-8,14,16,27-28H,5-6,9-11H2,1H3. The van der Waals surface area contributed by atoms with Gasteiger partial charge in [0.2, 0.25) is 5.28 Å². The minimum absolute atomic E-state index is 0.0876. The van der Waals surface area contributed by atoms with E-state index in [9.17, 15) is 0 Å². The average molecular weight is 486 g/mol. The molecule has 1 fully saturated rings. The van der Waals surface area contributed by atoms with Crippen LogP contribution in [0.3, 0.4) is 0 Å². The highest BCUT2D eigenvalue weighted by Crippen LogP contribution is 2.33. The lowest BCUT2D eigenvalue weighted by Gasteiger charge is -2.20. The van der Waals surface area contributed by atoms with Crippen molar-refractivity contribution >= 4 is 48.4 Å². The van der Waals surface area contributed by atoms with Crippen LogP contribution >= 0.6 is 31.6 Å². The summed E-state index contributed by atoms with van der Waals surface area (Å²) in [5, 5.41) is 6.06. The normalized spacial score (nSPS) is 18.9. The Bertz CT molecular complexity index is 1050. The highest BCUT2D eigenvalue weighted by atomic mass is 35.5. The molecule has 0 amide bonds. The predicted molar refractivity (Wildman–Crippen MR) is 119 cm³/mol. The molecule has 1 aliphatic heterocycles. The molecule has 0 spiro atoms. The Morgan fingerprint density at radius 3 is 2.90 bits per heavy atom. The largest absolute Gasteiger partial charge is 0.369 e. The first-order valence-corrected chi connectivity index (χ1v) is 11.8. The first-order chi connectivity index (χ1) is 14.9. The molecule has 166 valence electrons. The SMILES string of the molecule is CN(Cc1cccc(Cl)c1)c1nc(Cl)nc2c1cnn2C1CCC(COCP(O)O)O1. The Morgan fingerprint density at radius 2 is 2.13 bits per heavy atom. The molecule has 9 nitrogen and oxygen atoms in total. The zero-order valence-electron chi connectivity index (χ0n) is 16.7. The summed E-state index contributed by atoms with van der Waals surface area (Å²) in [4.78, 5) is 28.7. The zero-order valence-corrected chi connectivity index (χ0v) is 19.1. The van der Waals surface area contributed by atoms with E-state index in [4.69, 9.17) is 42.5 Å². The summed E-state index contributed by atoms with van der Waals surface area (Å²) in [7, 11) is -0.141. The topological polar surface area (TPSA) is 106 Å². The highest BCUT2D eigenvalue weighted by Gasteiger charge is 2.29. The smallest absolute Gasteiger partial charge is 0.226 e. The molecule has 1 aliphatic rings. The fraction of sp³-hybridized carbons (Fsp3) is 0.421. The molecule has 0 radical (unpaired) electrons. The lowest BCUT2D eigenvalue weighted by Crippen LogP contribution is -2.19. The summed E-state index contributed by atoms with van der Waals surface area (Å²) in [5.74, 6) is 0.665. The van der Waals surface area contributed by atoms with E-state index in [-0.39, 0.29) is 24.0 Å². The number of aromatic nitrogens is 4.